The Balaban J connectivity index is 1.77. The molecule has 4 aromatic rings. The molecule has 0 unspecified atom stereocenters. The standard InChI is InChI=1S/C21H20N4O4S/c1-28-18-7-3-16(4-8-18)13-25(17-5-9-19(29-2)10-6-17)30(26,27)20-11-12-21-23-22-15-24(21)14-20/h3-12,14-15H,13H2,1-2H3. The molecule has 8 nitrogen and oxygen atoms in total. The zero-order valence-electron chi connectivity index (χ0n) is 16.5. The van der Waals surface area contributed by atoms with E-state index < -0.39 is 10.0 Å². The molecule has 30 heavy (non-hydrogen) atoms. The van der Waals surface area contributed by atoms with Gasteiger partial charge in [-0.25, -0.2) is 8.42 Å². The topological polar surface area (TPSA) is 86.0 Å². The second-order valence-corrected chi connectivity index (χ2v) is 8.38. The minimum Gasteiger partial charge on any atom is -0.497 e. The third-order valence-corrected chi connectivity index (χ3v) is 6.45. The van der Waals surface area contributed by atoms with Crippen LogP contribution in [0, 0.1) is 0 Å². The third kappa shape index (κ3) is 3.79. The first-order chi connectivity index (χ1) is 14.5. The Bertz CT molecular complexity index is 1250. The van der Waals surface area contributed by atoms with Crippen molar-refractivity contribution in [3.8, 4) is 11.5 Å². The van der Waals surface area contributed by atoms with E-state index in [-0.39, 0.29) is 11.4 Å². The molecular formula is C21H20N4O4S. The summed E-state index contributed by atoms with van der Waals surface area (Å²) in [4.78, 5) is 0.138. The molecule has 0 N–H and O–H groups in total. The van der Waals surface area contributed by atoms with Crippen molar-refractivity contribution < 1.29 is 17.9 Å². The summed E-state index contributed by atoms with van der Waals surface area (Å²) in [5.74, 6) is 1.35. The van der Waals surface area contributed by atoms with Crippen LogP contribution in [-0.2, 0) is 16.6 Å². The second kappa shape index (κ2) is 8.03. The van der Waals surface area contributed by atoms with Crippen LogP contribution in [0.5, 0.6) is 11.5 Å². The number of hydrogen-bond acceptors (Lipinski definition) is 6. The molecular weight excluding hydrogens is 404 g/mol. The van der Waals surface area contributed by atoms with Crippen molar-refractivity contribution in [2.45, 2.75) is 11.4 Å². The zero-order chi connectivity index (χ0) is 21.1. The molecule has 0 atom stereocenters. The Hall–Kier alpha value is -3.59. The number of sulfonamides is 1. The van der Waals surface area contributed by atoms with Gasteiger partial charge in [0.1, 0.15) is 22.7 Å². The van der Waals surface area contributed by atoms with E-state index in [2.05, 4.69) is 10.2 Å². The number of nitrogens with zero attached hydrogens (tertiary/aromatic N) is 4. The largest absolute Gasteiger partial charge is 0.497 e. The van der Waals surface area contributed by atoms with Crippen molar-refractivity contribution >= 4 is 21.4 Å². The maximum absolute atomic E-state index is 13.6. The summed E-state index contributed by atoms with van der Waals surface area (Å²) in [5.41, 5.74) is 1.91. The first-order valence-electron chi connectivity index (χ1n) is 9.10. The van der Waals surface area contributed by atoms with Gasteiger partial charge in [0.05, 0.1) is 26.5 Å². The van der Waals surface area contributed by atoms with E-state index in [1.165, 1.54) is 22.9 Å². The normalized spacial score (nSPS) is 11.4. The van der Waals surface area contributed by atoms with Crippen LogP contribution in [0.3, 0.4) is 0 Å². The van der Waals surface area contributed by atoms with E-state index in [9.17, 15) is 8.42 Å². The lowest BCUT2D eigenvalue weighted by Crippen LogP contribution is -2.30. The van der Waals surface area contributed by atoms with Gasteiger partial charge in [-0.05, 0) is 54.1 Å². The van der Waals surface area contributed by atoms with Crippen LogP contribution in [0.15, 0.2) is 78.1 Å². The number of fused-ring (bicyclic) bond motifs is 1. The Labute approximate surface area is 174 Å². The van der Waals surface area contributed by atoms with Crippen LogP contribution in [0.2, 0.25) is 0 Å². The Morgan fingerprint density at radius 2 is 1.53 bits per heavy atom. The van der Waals surface area contributed by atoms with Gasteiger partial charge in [0.25, 0.3) is 10.0 Å². The number of aromatic nitrogens is 3. The highest BCUT2D eigenvalue weighted by atomic mass is 32.2. The van der Waals surface area contributed by atoms with Crippen molar-refractivity contribution in [1.29, 1.82) is 0 Å². The Morgan fingerprint density at radius 1 is 0.900 bits per heavy atom. The predicted octanol–water partition coefficient (Wildman–Crippen LogP) is 3.14. The molecule has 0 amide bonds. The van der Waals surface area contributed by atoms with Crippen molar-refractivity contribution in [2.24, 2.45) is 0 Å². The summed E-state index contributed by atoms with van der Waals surface area (Å²) < 4.78 is 40.5. The summed E-state index contributed by atoms with van der Waals surface area (Å²) >= 11 is 0. The van der Waals surface area contributed by atoms with Crippen LogP contribution in [-0.4, -0.2) is 37.2 Å². The van der Waals surface area contributed by atoms with E-state index in [0.29, 0.717) is 22.8 Å². The van der Waals surface area contributed by atoms with Gasteiger partial charge in [-0.1, -0.05) is 12.1 Å². The molecule has 154 valence electrons. The van der Waals surface area contributed by atoms with E-state index in [0.717, 1.165) is 5.56 Å². The minimum absolute atomic E-state index is 0.138. The number of methoxy groups -OCH3 is 2. The molecule has 0 bridgehead atoms. The van der Waals surface area contributed by atoms with E-state index in [4.69, 9.17) is 9.47 Å². The molecule has 2 aromatic carbocycles. The van der Waals surface area contributed by atoms with Gasteiger partial charge in [-0.15, -0.1) is 10.2 Å². The van der Waals surface area contributed by atoms with Gasteiger partial charge in [0.15, 0.2) is 5.65 Å². The van der Waals surface area contributed by atoms with Crippen molar-refractivity contribution in [3.05, 3.63) is 78.8 Å². The molecule has 9 heteroatoms. The fourth-order valence-electron chi connectivity index (χ4n) is 3.05. The molecule has 0 saturated heterocycles. The molecule has 0 spiro atoms. The summed E-state index contributed by atoms with van der Waals surface area (Å²) in [5, 5.41) is 7.74. The predicted molar refractivity (Wildman–Crippen MR) is 112 cm³/mol. The van der Waals surface area contributed by atoms with Gasteiger partial charge < -0.3 is 9.47 Å². The summed E-state index contributed by atoms with van der Waals surface area (Å²) in [7, 11) is -0.720. The number of benzene rings is 2. The monoisotopic (exact) mass is 424 g/mol. The van der Waals surface area contributed by atoms with Gasteiger partial charge >= 0.3 is 0 Å². The van der Waals surface area contributed by atoms with Crippen LogP contribution < -0.4 is 13.8 Å². The molecule has 0 aliphatic carbocycles. The van der Waals surface area contributed by atoms with E-state index in [1.54, 1.807) is 61.1 Å². The average Bonchev–Trinajstić information content (AvgIpc) is 3.26. The Morgan fingerprint density at radius 3 is 2.17 bits per heavy atom. The second-order valence-electron chi connectivity index (χ2n) is 6.52. The zero-order valence-corrected chi connectivity index (χ0v) is 17.3. The summed E-state index contributed by atoms with van der Waals surface area (Å²) in [6.45, 7) is 0.152. The highest BCUT2D eigenvalue weighted by Gasteiger charge is 2.26. The van der Waals surface area contributed by atoms with Gasteiger partial charge in [0, 0.05) is 6.20 Å². The molecule has 0 aliphatic rings. The van der Waals surface area contributed by atoms with E-state index >= 15 is 0 Å². The van der Waals surface area contributed by atoms with Gasteiger partial charge in [-0.2, -0.15) is 0 Å². The van der Waals surface area contributed by atoms with Crippen molar-refractivity contribution in [2.75, 3.05) is 18.5 Å². The maximum atomic E-state index is 13.6. The first kappa shape index (κ1) is 19.7. The molecule has 0 saturated carbocycles. The maximum Gasteiger partial charge on any atom is 0.266 e. The fraction of sp³-hybridized carbons (Fsp3) is 0.143. The van der Waals surface area contributed by atoms with Crippen LogP contribution in [0.1, 0.15) is 5.56 Å². The molecule has 2 heterocycles. The molecule has 0 aliphatic heterocycles. The molecule has 0 fully saturated rings. The lowest BCUT2D eigenvalue weighted by atomic mass is 10.2. The first-order valence-corrected chi connectivity index (χ1v) is 10.5. The number of anilines is 1. The minimum atomic E-state index is -3.87. The highest BCUT2D eigenvalue weighted by molar-refractivity contribution is 7.92. The van der Waals surface area contributed by atoms with Crippen molar-refractivity contribution in [1.82, 2.24) is 14.6 Å². The number of ether oxygens (including phenoxy) is 2. The van der Waals surface area contributed by atoms with Gasteiger partial charge in [-0.3, -0.25) is 8.71 Å². The molecule has 0 radical (unpaired) electrons. The van der Waals surface area contributed by atoms with Crippen LogP contribution >= 0.6 is 0 Å². The third-order valence-electron chi connectivity index (χ3n) is 4.70. The molecule has 4 rings (SSSR count). The van der Waals surface area contributed by atoms with Crippen molar-refractivity contribution in [3.63, 3.8) is 0 Å². The number of rotatable bonds is 7. The lowest BCUT2D eigenvalue weighted by Gasteiger charge is -2.25. The number of hydrogen-bond donors (Lipinski definition) is 0. The van der Waals surface area contributed by atoms with E-state index in [1.807, 2.05) is 12.1 Å². The van der Waals surface area contributed by atoms with Gasteiger partial charge in [0.2, 0.25) is 0 Å². The quantitative estimate of drug-likeness (QED) is 0.453. The average molecular weight is 424 g/mol. The smallest absolute Gasteiger partial charge is 0.266 e. The van der Waals surface area contributed by atoms with Crippen LogP contribution in [0.4, 0.5) is 5.69 Å². The van der Waals surface area contributed by atoms with Crippen LogP contribution in [0.25, 0.3) is 5.65 Å². The Kier molecular flexibility index (Phi) is 5.28. The SMILES string of the molecule is COc1ccc(CN(c2ccc(OC)cc2)S(=O)(=O)c2ccc3nncn3c2)cc1. The summed E-state index contributed by atoms with van der Waals surface area (Å²) in [6, 6.07) is 17.3. The summed E-state index contributed by atoms with van der Waals surface area (Å²) in [6.07, 6.45) is 2.98. The number of pyridine rings is 1. The highest BCUT2D eigenvalue weighted by Crippen LogP contribution is 2.28. The fourth-order valence-corrected chi connectivity index (χ4v) is 4.51. The lowest BCUT2D eigenvalue weighted by molar-refractivity contribution is 0.414. The molecule has 2 aromatic heterocycles.